The molecule has 0 amide bonds. The minimum Gasteiger partial charge on any atom is -0.398 e. The molecule has 0 aliphatic heterocycles. The fraction of sp³-hybridized carbons (Fsp3) is 1.00. The topological polar surface area (TPSA) is 18.5 Å². The van der Waals surface area contributed by atoms with Crippen molar-refractivity contribution in [2.45, 2.75) is 25.9 Å². The SMILES string of the molecule is CC[N+](C)(C)CCC[Si](C)(OC)OC. The molecule has 0 unspecified atom stereocenters. The first kappa shape index (κ1) is 14.1. The maximum absolute atomic E-state index is 5.45. The van der Waals surface area contributed by atoms with Crippen molar-refractivity contribution in [1.82, 2.24) is 0 Å². The molecule has 0 bridgehead atoms. The van der Waals surface area contributed by atoms with Crippen molar-refractivity contribution in [1.29, 1.82) is 0 Å². The average Bonchev–Trinajstić information content (AvgIpc) is 2.17. The number of hydrogen-bond acceptors (Lipinski definition) is 2. The third-order valence-electron chi connectivity index (χ3n) is 3.11. The van der Waals surface area contributed by atoms with Gasteiger partial charge in [0.2, 0.25) is 0 Å². The Bertz CT molecular complexity index is 158. The lowest BCUT2D eigenvalue weighted by Crippen LogP contribution is -2.42. The quantitative estimate of drug-likeness (QED) is 0.481. The number of quaternary nitrogens is 1. The van der Waals surface area contributed by atoms with Gasteiger partial charge in [-0.2, -0.15) is 0 Å². The Balaban J connectivity index is 3.83. The van der Waals surface area contributed by atoms with E-state index in [-0.39, 0.29) is 0 Å². The molecule has 4 heteroatoms. The standard InChI is InChI=1S/C10H26NO2Si/c1-7-11(2,3)9-8-10-14(6,12-4)13-5/h7-10H2,1-6H3/q+1. The van der Waals surface area contributed by atoms with Crippen LogP contribution in [0.4, 0.5) is 0 Å². The summed E-state index contributed by atoms with van der Waals surface area (Å²) in [7, 11) is 6.22. The summed E-state index contributed by atoms with van der Waals surface area (Å²) < 4.78 is 12.0. The van der Waals surface area contributed by atoms with Crippen LogP contribution in [-0.4, -0.2) is 54.4 Å². The van der Waals surface area contributed by atoms with Gasteiger partial charge >= 0.3 is 8.56 Å². The molecule has 0 aliphatic rings. The van der Waals surface area contributed by atoms with Crippen LogP contribution in [0.5, 0.6) is 0 Å². The zero-order chi connectivity index (χ0) is 11.2. The monoisotopic (exact) mass is 220 g/mol. The summed E-state index contributed by atoms with van der Waals surface area (Å²) in [5.74, 6) is 0. The fourth-order valence-electron chi connectivity index (χ4n) is 1.27. The average molecular weight is 220 g/mol. The molecule has 0 saturated heterocycles. The van der Waals surface area contributed by atoms with Crippen LogP contribution in [0.25, 0.3) is 0 Å². The molecule has 0 atom stereocenters. The smallest absolute Gasteiger partial charge is 0.334 e. The lowest BCUT2D eigenvalue weighted by molar-refractivity contribution is -0.888. The van der Waals surface area contributed by atoms with Crippen LogP contribution in [-0.2, 0) is 8.85 Å². The van der Waals surface area contributed by atoms with E-state index in [1.54, 1.807) is 14.2 Å². The van der Waals surface area contributed by atoms with Crippen LogP contribution < -0.4 is 0 Å². The van der Waals surface area contributed by atoms with Crippen LogP contribution in [0.2, 0.25) is 12.6 Å². The second-order valence-electron chi connectivity index (χ2n) is 4.62. The van der Waals surface area contributed by atoms with E-state index in [9.17, 15) is 0 Å². The molecule has 3 nitrogen and oxygen atoms in total. The van der Waals surface area contributed by atoms with E-state index in [1.165, 1.54) is 19.5 Å². The first-order valence-electron chi connectivity index (χ1n) is 5.31. The summed E-state index contributed by atoms with van der Waals surface area (Å²) in [4.78, 5) is 0. The van der Waals surface area contributed by atoms with E-state index >= 15 is 0 Å². The van der Waals surface area contributed by atoms with Gasteiger partial charge in [0.05, 0.1) is 27.2 Å². The van der Waals surface area contributed by atoms with Crippen molar-refractivity contribution in [2.24, 2.45) is 0 Å². The molecule has 0 heterocycles. The second-order valence-corrected chi connectivity index (χ2v) is 8.21. The van der Waals surface area contributed by atoms with Gasteiger partial charge in [-0.1, -0.05) is 0 Å². The molecule has 0 aliphatic carbocycles. The summed E-state index contributed by atoms with van der Waals surface area (Å²) in [5, 5.41) is 0. The Labute approximate surface area is 89.8 Å². The van der Waals surface area contributed by atoms with Gasteiger partial charge in [-0.15, -0.1) is 0 Å². The van der Waals surface area contributed by atoms with Crippen molar-refractivity contribution in [3.63, 3.8) is 0 Å². The lowest BCUT2D eigenvalue weighted by Gasteiger charge is -2.30. The second kappa shape index (κ2) is 5.85. The van der Waals surface area contributed by atoms with E-state index in [0.29, 0.717) is 0 Å². The van der Waals surface area contributed by atoms with Crippen LogP contribution in [0.3, 0.4) is 0 Å². The molecule has 0 N–H and O–H groups in total. The largest absolute Gasteiger partial charge is 0.398 e. The Morgan fingerprint density at radius 1 is 1.14 bits per heavy atom. The Kier molecular flexibility index (Phi) is 5.89. The van der Waals surface area contributed by atoms with Crippen molar-refractivity contribution in [3.8, 4) is 0 Å². The Morgan fingerprint density at radius 3 is 2.00 bits per heavy atom. The van der Waals surface area contributed by atoms with Gasteiger partial charge in [0.15, 0.2) is 0 Å². The highest BCUT2D eigenvalue weighted by atomic mass is 28.4. The molecular formula is C10H26NO2Si+. The molecule has 0 aromatic carbocycles. The summed E-state index contributed by atoms with van der Waals surface area (Å²) in [6.45, 7) is 6.73. The van der Waals surface area contributed by atoms with Gasteiger partial charge in [0.1, 0.15) is 0 Å². The predicted molar refractivity (Wildman–Crippen MR) is 62.6 cm³/mol. The van der Waals surface area contributed by atoms with Crippen molar-refractivity contribution in [2.75, 3.05) is 41.4 Å². The van der Waals surface area contributed by atoms with Crippen LogP contribution in [0.15, 0.2) is 0 Å². The van der Waals surface area contributed by atoms with E-state index in [4.69, 9.17) is 8.85 Å². The lowest BCUT2D eigenvalue weighted by atomic mass is 10.4. The summed E-state index contributed by atoms with van der Waals surface area (Å²) in [6, 6.07) is 1.08. The molecule has 0 radical (unpaired) electrons. The maximum atomic E-state index is 5.45. The van der Waals surface area contributed by atoms with E-state index in [2.05, 4.69) is 27.6 Å². The third kappa shape index (κ3) is 5.10. The minimum atomic E-state index is -1.82. The first-order valence-corrected chi connectivity index (χ1v) is 7.84. The molecule has 0 rings (SSSR count). The summed E-state index contributed by atoms with van der Waals surface area (Å²) in [6.07, 6.45) is 1.19. The highest BCUT2D eigenvalue weighted by molar-refractivity contribution is 6.65. The molecular weight excluding hydrogens is 194 g/mol. The van der Waals surface area contributed by atoms with Gasteiger partial charge in [0, 0.05) is 14.2 Å². The zero-order valence-corrected chi connectivity index (χ0v) is 11.6. The number of hydrogen-bond donors (Lipinski definition) is 0. The molecule has 0 aromatic rings. The van der Waals surface area contributed by atoms with Gasteiger partial charge in [-0.3, -0.25) is 0 Å². The van der Waals surface area contributed by atoms with Crippen LogP contribution in [0.1, 0.15) is 13.3 Å². The van der Waals surface area contributed by atoms with Gasteiger partial charge < -0.3 is 13.3 Å². The van der Waals surface area contributed by atoms with Crippen LogP contribution >= 0.6 is 0 Å². The van der Waals surface area contributed by atoms with E-state index in [0.717, 1.165) is 10.5 Å². The van der Waals surface area contributed by atoms with Crippen LogP contribution in [0, 0.1) is 0 Å². The molecule has 0 spiro atoms. The van der Waals surface area contributed by atoms with Gasteiger partial charge in [-0.05, 0) is 25.9 Å². The van der Waals surface area contributed by atoms with Crippen molar-refractivity contribution in [3.05, 3.63) is 0 Å². The summed E-state index contributed by atoms with van der Waals surface area (Å²) in [5.41, 5.74) is 0. The van der Waals surface area contributed by atoms with Crippen molar-refractivity contribution < 1.29 is 13.3 Å². The Morgan fingerprint density at radius 2 is 1.64 bits per heavy atom. The summed E-state index contributed by atoms with van der Waals surface area (Å²) >= 11 is 0. The molecule has 0 saturated carbocycles. The van der Waals surface area contributed by atoms with Crippen molar-refractivity contribution >= 4 is 8.56 Å². The van der Waals surface area contributed by atoms with E-state index < -0.39 is 8.56 Å². The van der Waals surface area contributed by atoms with E-state index in [1.807, 2.05) is 0 Å². The van der Waals surface area contributed by atoms with Gasteiger partial charge in [0.25, 0.3) is 0 Å². The first-order chi connectivity index (χ1) is 6.39. The Hall–Kier alpha value is 0.0969. The molecule has 14 heavy (non-hydrogen) atoms. The minimum absolute atomic E-state index is 1.08. The predicted octanol–water partition coefficient (Wildman–Crippen LogP) is 1.84. The molecule has 86 valence electrons. The maximum Gasteiger partial charge on any atom is 0.334 e. The fourth-order valence-corrected chi connectivity index (χ4v) is 2.65. The number of rotatable bonds is 7. The molecule has 0 aromatic heterocycles. The highest BCUT2D eigenvalue weighted by Gasteiger charge is 2.29. The highest BCUT2D eigenvalue weighted by Crippen LogP contribution is 2.14. The normalized spacial score (nSPS) is 13.3. The molecule has 0 fully saturated rings. The zero-order valence-electron chi connectivity index (χ0n) is 10.6. The van der Waals surface area contributed by atoms with Gasteiger partial charge in [-0.25, -0.2) is 0 Å². The number of nitrogens with zero attached hydrogens (tertiary/aromatic N) is 1. The third-order valence-corrected chi connectivity index (χ3v) is 6.10.